The van der Waals surface area contributed by atoms with Crippen LogP contribution in [-0.4, -0.2) is 72.6 Å². The number of carbonyl (C=O) groups excluding carboxylic acids is 2. The molecule has 10 nitrogen and oxygen atoms in total. The number of benzene rings is 2. The fourth-order valence-electron chi connectivity index (χ4n) is 6.48. The van der Waals surface area contributed by atoms with Gasteiger partial charge in [0.05, 0.1) is 19.0 Å². The summed E-state index contributed by atoms with van der Waals surface area (Å²) in [5.74, 6) is 1.70. The van der Waals surface area contributed by atoms with Gasteiger partial charge in [-0.3, -0.25) is 14.5 Å². The van der Waals surface area contributed by atoms with Gasteiger partial charge in [0.1, 0.15) is 11.4 Å². The first-order valence-electron chi connectivity index (χ1n) is 15.4. The maximum atomic E-state index is 13.3. The van der Waals surface area contributed by atoms with Crippen molar-refractivity contribution in [2.45, 2.75) is 63.6 Å². The molecule has 2 fully saturated rings. The Morgan fingerprint density at radius 1 is 1.02 bits per heavy atom. The highest BCUT2D eigenvalue weighted by Gasteiger charge is 2.32. The molecule has 2 aliphatic heterocycles. The summed E-state index contributed by atoms with van der Waals surface area (Å²) in [6.07, 6.45) is 8.56. The van der Waals surface area contributed by atoms with Crippen LogP contribution in [0.2, 0.25) is 0 Å². The summed E-state index contributed by atoms with van der Waals surface area (Å²) in [5, 5.41) is 6.53. The number of carbonyl (C=O) groups is 2. The first-order chi connectivity index (χ1) is 21.0. The van der Waals surface area contributed by atoms with Crippen molar-refractivity contribution in [3.8, 4) is 5.75 Å². The van der Waals surface area contributed by atoms with Crippen LogP contribution >= 0.6 is 0 Å². The van der Waals surface area contributed by atoms with Gasteiger partial charge < -0.3 is 25.2 Å². The number of amides is 2. The Bertz CT molecular complexity index is 1440. The maximum Gasteiger partial charge on any atom is 0.251 e. The lowest BCUT2D eigenvalue weighted by Gasteiger charge is -2.32. The summed E-state index contributed by atoms with van der Waals surface area (Å²) >= 11 is 0. The van der Waals surface area contributed by atoms with Crippen LogP contribution in [0.25, 0.3) is 0 Å². The number of methoxy groups -OCH3 is 1. The van der Waals surface area contributed by atoms with Crippen molar-refractivity contribution in [3.63, 3.8) is 0 Å². The molecule has 226 valence electrons. The second-order valence-electron chi connectivity index (χ2n) is 11.8. The van der Waals surface area contributed by atoms with Gasteiger partial charge in [-0.15, -0.1) is 0 Å². The van der Waals surface area contributed by atoms with Crippen LogP contribution in [0.5, 0.6) is 5.75 Å². The third-order valence-electron chi connectivity index (χ3n) is 8.97. The molecule has 1 aliphatic carbocycles. The Labute approximate surface area is 253 Å². The zero-order valence-electron chi connectivity index (χ0n) is 25.1. The first-order valence-corrected chi connectivity index (χ1v) is 15.4. The molecule has 2 N–H and O–H groups in total. The lowest BCUT2D eigenvalue weighted by Crippen LogP contribution is -2.44. The molecule has 0 radical (unpaired) electrons. The predicted octanol–water partition coefficient (Wildman–Crippen LogP) is 4.74. The lowest BCUT2D eigenvalue weighted by atomic mass is 10.0. The average molecular weight is 584 g/mol. The standard InChI is InChI=1S/C33H41N7O3/c1-38-28-21-34-33(37-31(28)40(19-16-30(38)41)26-10-6-7-11-26)36-27-20-24(12-13-29(27)43-2)32(42)35-25-14-17-39(18-15-25)22-23-8-4-3-5-9-23/h3-5,8-9,12-13,20-21,25-26H,6-7,10-11,14-19,22H2,1-2H3,(H,35,42)(H,34,36,37). The zero-order valence-corrected chi connectivity index (χ0v) is 25.1. The van der Waals surface area contributed by atoms with Gasteiger partial charge in [-0.05, 0) is 49.4 Å². The second-order valence-corrected chi connectivity index (χ2v) is 11.8. The highest BCUT2D eigenvalue weighted by atomic mass is 16.5. The second kappa shape index (κ2) is 13.0. The number of nitrogens with zero attached hydrogens (tertiary/aromatic N) is 5. The van der Waals surface area contributed by atoms with Crippen LogP contribution in [0.3, 0.4) is 0 Å². The molecule has 43 heavy (non-hydrogen) atoms. The van der Waals surface area contributed by atoms with E-state index in [1.807, 2.05) is 6.07 Å². The van der Waals surface area contributed by atoms with Gasteiger partial charge in [0.2, 0.25) is 11.9 Å². The van der Waals surface area contributed by atoms with Crippen molar-refractivity contribution < 1.29 is 14.3 Å². The summed E-state index contributed by atoms with van der Waals surface area (Å²) in [5.41, 5.74) is 3.18. The Kier molecular flexibility index (Phi) is 8.74. The number of rotatable bonds is 8. The molecule has 1 saturated carbocycles. The molecule has 3 aliphatic rings. The Morgan fingerprint density at radius 2 is 1.79 bits per heavy atom. The van der Waals surface area contributed by atoms with Crippen LogP contribution in [0.15, 0.2) is 54.7 Å². The molecule has 1 aromatic heterocycles. The van der Waals surface area contributed by atoms with Gasteiger partial charge in [-0.2, -0.15) is 4.98 Å². The Balaban J connectivity index is 1.15. The predicted molar refractivity (Wildman–Crippen MR) is 168 cm³/mol. The number of aromatic nitrogens is 2. The molecule has 3 heterocycles. The molecule has 2 aromatic carbocycles. The lowest BCUT2D eigenvalue weighted by molar-refractivity contribution is -0.118. The SMILES string of the molecule is COc1ccc(C(=O)NC2CCN(Cc3ccccc3)CC2)cc1Nc1ncc2c(n1)N(C1CCCC1)CCC(=O)N2C. The molecule has 6 rings (SSSR count). The van der Waals surface area contributed by atoms with E-state index < -0.39 is 0 Å². The fourth-order valence-corrected chi connectivity index (χ4v) is 6.48. The quantitative estimate of drug-likeness (QED) is 0.392. The van der Waals surface area contributed by atoms with Crippen LogP contribution in [0.4, 0.5) is 23.1 Å². The minimum absolute atomic E-state index is 0.0632. The average Bonchev–Trinajstić information content (AvgIpc) is 3.53. The van der Waals surface area contributed by atoms with E-state index in [-0.39, 0.29) is 17.9 Å². The monoisotopic (exact) mass is 583 g/mol. The summed E-state index contributed by atoms with van der Waals surface area (Å²) in [7, 11) is 3.39. The molecular weight excluding hydrogens is 542 g/mol. The van der Waals surface area contributed by atoms with Crippen molar-refractivity contribution in [1.82, 2.24) is 20.2 Å². The summed E-state index contributed by atoms with van der Waals surface area (Å²) < 4.78 is 5.61. The van der Waals surface area contributed by atoms with E-state index in [0.717, 1.165) is 56.8 Å². The van der Waals surface area contributed by atoms with Gasteiger partial charge >= 0.3 is 0 Å². The Hall–Kier alpha value is -4.18. The van der Waals surface area contributed by atoms with Gasteiger partial charge in [-0.25, -0.2) is 4.98 Å². The smallest absolute Gasteiger partial charge is 0.251 e. The number of likely N-dealkylation sites (tertiary alicyclic amines) is 1. The van der Waals surface area contributed by atoms with E-state index in [4.69, 9.17) is 9.72 Å². The molecule has 2 amide bonds. The zero-order chi connectivity index (χ0) is 29.8. The molecule has 0 spiro atoms. The molecule has 0 atom stereocenters. The molecular formula is C33H41N7O3. The number of hydrogen-bond acceptors (Lipinski definition) is 8. The third kappa shape index (κ3) is 6.59. The van der Waals surface area contributed by atoms with Crippen LogP contribution in [0, 0.1) is 0 Å². The highest BCUT2D eigenvalue weighted by Crippen LogP contribution is 2.37. The number of anilines is 4. The molecule has 3 aromatic rings. The third-order valence-corrected chi connectivity index (χ3v) is 8.97. The van der Waals surface area contributed by atoms with Gasteiger partial charge in [0, 0.05) is 57.3 Å². The van der Waals surface area contributed by atoms with Gasteiger partial charge in [0.15, 0.2) is 5.82 Å². The molecule has 10 heteroatoms. The highest BCUT2D eigenvalue weighted by molar-refractivity contribution is 5.98. The Morgan fingerprint density at radius 3 is 2.53 bits per heavy atom. The topological polar surface area (TPSA) is 103 Å². The summed E-state index contributed by atoms with van der Waals surface area (Å²) in [6.45, 7) is 3.47. The van der Waals surface area contributed by atoms with E-state index in [0.29, 0.717) is 42.0 Å². The van der Waals surface area contributed by atoms with Crippen molar-refractivity contribution in [2.24, 2.45) is 0 Å². The fraction of sp³-hybridized carbons (Fsp3) is 0.455. The van der Waals surface area contributed by atoms with Crippen LogP contribution < -0.4 is 25.2 Å². The van der Waals surface area contributed by atoms with E-state index >= 15 is 0 Å². The van der Waals surface area contributed by atoms with Gasteiger partial charge in [-0.1, -0.05) is 43.2 Å². The first kappa shape index (κ1) is 28.9. The number of piperidine rings is 1. The van der Waals surface area contributed by atoms with Crippen LogP contribution in [0.1, 0.15) is 60.9 Å². The van der Waals surface area contributed by atoms with Crippen molar-refractivity contribution >= 4 is 35.0 Å². The van der Waals surface area contributed by atoms with Crippen molar-refractivity contribution in [2.75, 3.05) is 48.9 Å². The molecule has 1 saturated heterocycles. The number of hydrogen-bond donors (Lipinski definition) is 2. The molecule has 0 bridgehead atoms. The van der Waals surface area contributed by atoms with Gasteiger partial charge in [0.25, 0.3) is 5.91 Å². The number of ether oxygens (including phenoxy) is 1. The summed E-state index contributed by atoms with van der Waals surface area (Å²) in [6, 6.07) is 16.4. The van der Waals surface area contributed by atoms with Crippen LogP contribution in [-0.2, 0) is 11.3 Å². The molecule has 0 unspecified atom stereocenters. The van der Waals surface area contributed by atoms with Crippen molar-refractivity contribution in [1.29, 1.82) is 0 Å². The van der Waals surface area contributed by atoms with E-state index in [9.17, 15) is 9.59 Å². The minimum atomic E-state index is -0.109. The van der Waals surface area contributed by atoms with Crippen molar-refractivity contribution in [3.05, 3.63) is 65.9 Å². The minimum Gasteiger partial charge on any atom is -0.495 e. The normalized spacial score (nSPS) is 18.3. The van der Waals surface area contributed by atoms with E-state index in [1.165, 1.54) is 18.4 Å². The number of fused-ring (bicyclic) bond motifs is 1. The van der Waals surface area contributed by atoms with E-state index in [2.05, 4.69) is 49.7 Å². The van der Waals surface area contributed by atoms with E-state index in [1.54, 1.807) is 43.5 Å². The summed E-state index contributed by atoms with van der Waals surface area (Å²) in [4.78, 5) is 41.9. The maximum absolute atomic E-state index is 13.3. The number of nitrogens with one attached hydrogen (secondary N) is 2. The largest absolute Gasteiger partial charge is 0.495 e.